The number of aryl methyl sites for hydroxylation is 2. The van der Waals surface area contributed by atoms with Gasteiger partial charge in [0.15, 0.2) is 5.00 Å². The zero-order chi connectivity index (χ0) is 22.9. The summed E-state index contributed by atoms with van der Waals surface area (Å²) in [6, 6.07) is 9.73. The Morgan fingerprint density at radius 3 is 2.69 bits per heavy atom. The molecule has 1 amide bonds. The summed E-state index contributed by atoms with van der Waals surface area (Å²) in [5.74, 6) is -0.419. The third-order valence-electron chi connectivity index (χ3n) is 5.24. The molecule has 0 saturated carbocycles. The van der Waals surface area contributed by atoms with E-state index in [2.05, 4.69) is 15.4 Å². The Morgan fingerprint density at radius 2 is 2.00 bits per heavy atom. The molecule has 0 spiro atoms. The van der Waals surface area contributed by atoms with Crippen LogP contribution in [0.3, 0.4) is 0 Å². The van der Waals surface area contributed by atoms with Gasteiger partial charge in [-0.3, -0.25) is 14.5 Å². The second-order valence-corrected chi connectivity index (χ2v) is 8.14. The second kappa shape index (κ2) is 8.47. The molecule has 32 heavy (non-hydrogen) atoms. The van der Waals surface area contributed by atoms with Crippen LogP contribution in [0.1, 0.15) is 28.8 Å². The van der Waals surface area contributed by atoms with Gasteiger partial charge in [0.25, 0.3) is 0 Å². The van der Waals surface area contributed by atoms with Gasteiger partial charge in [-0.05, 0) is 48.4 Å². The van der Waals surface area contributed by atoms with Gasteiger partial charge in [-0.25, -0.2) is 4.39 Å². The molecule has 9 heteroatoms. The predicted molar refractivity (Wildman–Crippen MR) is 121 cm³/mol. The fourth-order valence-corrected chi connectivity index (χ4v) is 4.02. The molecule has 5 N–H and O–H groups in total. The van der Waals surface area contributed by atoms with E-state index < -0.39 is 10.9 Å². The zero-order valence-electron chi connectivity index (χ0n) is 17.3. The molecule has 3 aromatic rings. The maximum Gasteiger partial charge on any atom is 0.219 e. The van der Waals surface area contributed by atoms with E-state index in [1.807, 2.05) is 25.1 Å². The van der Waals surface area contributed by atoms with E-state index in [4.69, 9.17) is 23.1 Å². The molecule has 1 unspecified atom stereocenters. The summed E-state index contributed by atoms with van der Waals surface area (Å²) < 4.78 is 15.2. The van der Waals surface area contributed by atoms with E-state index in [0.717, 1.165) is 22.4 Å². The SMILES string of the molecule is Cc1cc(C2=CC(c3cnn(CCC(N)=O)c3)=C(N)NC2(Cl)c2ccc(F)cc2)ccn1. The molecule has 1 aliphatic rings. The van der Waals surface area contributed by atoms with Gasteiger partial charge >= 0.3 is 0 Å². The molecule has 0 aliphatic carbocycles. The normalized spacial score (nSPS) is 18.3. The van der Waals surface area contributed by atoms with Crippen molar-refractivity contribution in [1.82, 2.24) is 20.1 Å². The number of carbonyl (C=O) groups is 1. The summed E-state index contributed by atoms with van der Waals surface area (Å²) in [4.78, 5) is 14.1. The van der Waals surface area contributed by atoms with Gasteiger partial charge in [-0.1, -0.05) is 23.7 Å². The molecule has 4 rings (SSSR count). The molecule has 1 aliphatic heterocycles. The number of hydrogen-bond donors (Lipinski definition) is 3. The first-order valence-electron chi connectivity index (χ1n) is 9.95. The quantitative estimate of drug-likeness (QED) is 0.393. The minimum Gasteiger partial charge on any atom is -0.385 e. The van der Waals surface area contributed by atoms with Crippen LogP contribution in [0.2, 0.25) is 0 Å². The highest BCUT2D eigenvalue weighted by atomic mass is 35.5. The summed E-state index contributed by atoms with van der Waals surface area (Å²) in [7, 11) is 0. The van der Waals surface area contributed by atoms with E-state index in [0.29, 0.717) is 23.5 Å². The van der Waals surface area contributed by atoms with Crippen LogP contribution in [0, 0.1) is 12.7 Å². The first kappa shape index (κ1) is 21.6. The average molecular weight is 453 g/mol. The number of dihydropyridines is 1. The monoisotopic (exact) mass is 452 g/mol. The molecular formula is C23H22ClFN6O. The number of rotatable bonds is 6. The Morgan fingerprint density at radius 1 is 1.25 bits per heavy atom. The highest BCUT2D eigenvalue weighted by molar-refractivity contribution is 6.31. The van der Waals surface area contributed by atoms with Gasteiger partial charge < -0.3 is 16.8 Å². The van der Waals surface area contributed by atoms with Crippen molar-refractivity contribution in [3.63, 3.8) is 0 Å². The minimum absolute atomic E-state index is 0.181. The molecule has 1 aromatic carbocycles. The van der Waals surface area contributed by atoms with E-state index in [9.17, 15) is 9.18 Å². The number of hydrogen-bond acceptors (Lipinski definition) is 5. The van der Waals surface area contributed by atoms with Crippen LogP contribution in [0.5, 0.6) is 0 Å². The summed E-state index contributed by atoms with van der Waals surface area (Å²) in [6.45, 7) is 2.26. The topological polar surface area (TPSA) is 112 Å². The van der Waals surface area contributed by atoms with Crippen LogP contribution in [0.15, 0.2) is 66.9 Å². The molecule has 164 valence electrons. The van der Waals surface area contributed by atoms with Crippen molar-refractivity contribution in [2.24, 2.45) is 11.5 Å². The Labute approximate surface area is 189 Å². The number of benzene rings is 1. The van der Waals surface area contributed by atoms with Crippen LogP contribution >= 0.6 is 11.6 Å². The number of amides is 1. The smallest absolute Gasteiger partial charge is 0.219 e. The van der Waals surface area contributed by atoms with Crippen LogP contribution in [-0.2, 0) is 16.3 Å². The van der Waals surface area contributed by atoms with Gasteiger partial charge in [-0.15, -0.1) is 0 Å². The standard InChI is InChI=1S/C23H22ClFN6O/c1-14-10-15(6-8-28-14)20-11-19(16-12-29-31(13-16)9-7-21(26)32)22(27)30-23(20,24)17-2-4-18(25)5-3-17/h2-6,8,10-13,30H,7,9,27H2,1H3,(H2,26,32). The third kappa shape index (κ3) is 4.22. The first-order valence-corrected chi connectivity index (χ1v) is 10.3. The van der Waals surface area contributed by atoms with Crippen LogP contribution in [-0.4, -0.2) is 20.7 Å². The van der Waals surface area contributed by atoms with Gasteiger partial charge in [0, 0.05) is 47.8 Å². The Kier molecular flexibility index (Phi) is 5.71. The fourth-order valence-electron chi connectivity index (χ4n) is 3.63. The number of pyridine rings is 1. The minimum atomic E-state index is -1.23. The van der Waals surface area contributed by atoms with Crippen LogP contribution < -0.4 is 16.8 Å². The van der Waals surface area contributed by atoms with Crippen molar-refractivity contribution >= 4 is 28.7 Å². The number of halogens is 2. The van der Waals surface area contributed by atoms with Crippen molar-refractivity contribution in [3.05, 3.63) is 95.1 Å². The van der Waals surface area contributed by atoms with Crippen molar-refractivity contribution in [2.45, 2.75) is 24.9 Å². The lowest BCUT2D eigenvalue weighted by Gasteiger charge is -2.37. The first-order chi connectivity index (χ1) is 15.3. The van der Waals surface area contributed by atoms with Crippen LogP contribution in [0.4, 0.5) is 4.39 Å². The lowest BCUT2D eigenvalue weighted by molar-refractivity contribution is -0.118. The largest absolute Gasteiger partial charge is 0.385 e. The predicted octanol–water partition coefficient (Wildman–Crippen LogP) is 3.01. The second-order valence-electron chi connectivity index (χ2n) is 7.57. The molecule has 0 radical (unpaired) electrons. The molecule has 7 nitrogen and oxygen atoms in total. The van der Waals surface area contributed by atoms with Gasteiger partial charge in [0.2, 0.25) is 5.91 Å². The summed E-state index contributed by atoms with van der Waals surface area (Å²) in [6.07, 6.45) is 7.23. The number of aromatic nitrogens is 3. The van der Waals surface area contributed by atoms with Crippen molar-refractivity contribution in [2.75, 3.05) is 0 Å². The third-order valence-corrected chi connectivity index (χ3v) is 5.75. The van der Waals surface area contributed by atoms with E-state index in [1.54, 1.807) is 35.4 Å². The summed E-state index contributed by atoms with van der Waals surface area (Å²) in [5.41, 5.74) is 16.1. The molecule has 0 saturated heterocycles. The maximum atomic E-state index is 13.6. The average Bonchev–Trinajstić information content (AvgIpc) is 3.21. The Bertz CT molecular complexity index is 1230. The number of primary amides is 1. The number of nitrogens with two attached hydrogens (primary N) is 2. The molecule has 0 bridgehead atoms. The van der Waals surface area contributed by atoms with E-state index >= 15 is 0 Å². The number of nitrogens with zero attached hydrogens (tertiary/aromatic N) is 3. The zero-order valence-corrected chi connectivity index (χ0v) is 18.1. The highest BCUT2D eigenvalue weighted by Crippen LogP contribution is 2.45. The van der Waals surface area contributed by atoms with Gasteiger partial charge in [0.05, 0.1) is 6.20 Å². The molecule has 3 heterocycles. The van der Waals surface area contributed by atoms with Crippen LogP contribution in [0.25, 0.3) is 11.1 Å². The number of carbonyl (C=O) groups excluding carboxylic acids is 1. The van der Waals surface area contributed by atoms with Gasteiger partial charge in [0.1, 0.15) is 11.6 Å². The van der Waals surface area contributed by atoms with Crippen molar-refractivity contribution < 1.29 is 9.18 Å². The molecule has 1 atom stereocenters. The fraction of sp³-hybridized carbons (Fsp3) is 0.174. The lowest BCUT2D eigenvalue weighted by atomic mass is 9.87. The Balaban J connectivity index is 1.80. The van der Waals surface area contributed by atoms with Gasteiger partial charge in [-0.2, -0.15) is 5.10 Å². The molecule has 0 fully saturated rings. The summed E-state index contributed by atoms with van der Waals surface area (Å²) in [5, 5.41) is 7.50. The highest BCUT2D eigenvalue weighted by Gasteiger charge is 2.39. The maximum absolute atomic E-state index is 13.6. The lowest BCUT2D eigenvalue weighted by Crippen LogP contribution is -2.43. The molecular weight excluding hydrogens is 431 g/mol. The number of allylic oxidation sites excluding steroid dienone is 2. The summed E-state index contributed by atoms with van der Waals surface area (Å²) >= 11 is 7.13. The number of nitrogens with one attached hydrogen (secondary N) is 1. The van der Waals surface area contributed by atoms with Crippen molar-refractivity contribution in [1.29, 1.82) is 0 Å². The van der Waals surface area contributed by atoms with Crippen molar-refractivity contribution in [3.8, 4) is 0 Å². The van der Waals surface area contributed by atoms with E-state index in [-0.39, 0.29) is 12.2 Å². The Hall–Kier alpha value is -3.65. The molecule has 2 aromatic heterocycles. The van der Waals surface area contributed by atoms with E-state index in [1.165, 1.54) is 12.1 Å². The number of alkyl halides is 1.